The lowest BCUT2D eigenvalue weighted by Gasteiger charge is -2.18. The number of fused-ring (bicyclic) bond motifs is 1. The Bertz CT molecular complexity index is 1040. The zero-order valence-electron chi connectivity index (χ0n) is 19.3. The molecule has 6 nitrogen and oxygen atoms in total. The van der Waals surface area contributed by atoms with Crippen LogP contribution in [-0.4, -0.2) is 36.8 Å². The topological polar surface area (TPSA) is 81.7 Å². The molecular weight excluding hydrogens is 458 g/mol. The van der Waals surface area contributed by atoms with E-state index in [0.717, 1.165) is 40.2 Å². The average Bonchev–Trinajstić information content (AvgIpc) is 3.14. The summed E-state index contributed by atoms with van der Waals surface area (Å²) in [5, 5.41) is 3.25. The van der Waals surface area contributed by atoms with Gasteiger partial charge in [0.05, 0.1) is 12.2 Å². The largest absolute Gasteiger partial charge is 0.462 e. The van der Waals surface area contributed by atoms with Crippen molar-refractivity contribution in [3.63, 3.8) is 0 Å². The molecule has 0 aliphatic heterocycles. The first-order chi connectivity index (χ1) is 15.8. The summed E-state index contributed by atoms with van der Waals surface area (Å²) in [6.07, 6.45) is 6.56. The van der Waals surface area contributed by atoms with Crippen LogP contribution < -0.4 is 5.32 Å². The third-order valence-corrected chi connectivity index (χ3v) is 7.33. The van der Waals surface area contributed by atoms with Crippen LogP contribution in [0.4, 0.5) is 5.00 Å². The van der Waals surface area contributed by atoms with Gasteiger partial charge in [0.15, 0.2) is 6.10 Å². The number of benzene rings is 1. The Labute approximate surface area is 202 Å². The van der Waals surface area contributed by atoms with E-state index < -0.39 is 23.9 Å². The number of carbonyl (C=O) groups excluding carboxylic acids is 3. The van der Waals surface area contributed by atoms with Gasteiger partial charge in [0.25, 0.3) is 5.91 Å². The summed E-state index contributed by atoms with van der Waals surface area (Å²) < 4.78 is 10.5. The van der Waals surface area contributed by atoms with Crippen LogP contribution in [0, 0.1) is 5.92 Å². The average molecular weight is 488 g/mol. The number of esters is 2. The van der Waals surface area contributed by atoms with E-state index in [-0.39, 0.29) is 6.61 Å². The summed E-state index contributed by atoms with van der Waals surface area (Å²) in [5.74, 6) is -1.01. The van der Waals surface area contributed by atoms with Gasteiger partial charge in [0, 0.05) is 15.8 Å². The summed E-state index contributed by atoms with van der Waals surface area (Å²) in [6.45, 7) is 5.70. The normalized spacial score (nSPS) is 16.2. The molecule has 1 aromatic carbocycles. The molecule has 0 fully saturated rings. The van der Waals surface area contributed by atoms with Gasteiger partial charge < -0.3 is 14.8 Å². The second-order valence-electron chi connectivity index (χ2n) is 7.95. The van der Waals surface area contributed by atoms with Gasteiger partial charge in [-0.2, -0.15) is 0 Å². The van der Waals surface area contributed by atoms with Crippen LogP contribution in [0.15, 0.2) is 35.2 Å². The number of thioether (sulfide) groups is 1. The Morgan fingerprint density at radius 2 is 2.00 bits per heavy atom. The van der Waals surface area contributed by atoms with Gasteiger partial charge in [-0.1, -0.05) is 19.1 Å². The zero-order valence-corrected chi connectivity index (χ0v) is 20.9. The summed E-state index contributed by atoms with van der Waals surface area (Å²) >= 11 is 3.05. The van der Waals surface area contributed by atoms with E-state index in [9.17, 15) is 14.4 Å². The predicted octanol–water partition coefficient (Wildman–Crippen LogP) is 5.36. The van der Waals surface area contributed by atoms with E-state index in [2.05, 4.69) is 12.2 Å². The van der Waals surface area contributed by atoms with E-state index in [1.165, 1.54) is 24.3 Å². The van der Waals surface area contributed by atoms with E-state index in [1.807, 2.05) is 30.5 Å². The number of anilines is 1. The lowest BCUT2D eigenvalue weighted by Crippen LogP contribution is -2.29. The van der Waals surface area contributed by atoms with Gasteiger partial charge in [-0.15, -0.1) is 23.1 Å². The van der Waals surface area contributed by atoms with Crippen LogP contribution >= 0.6 is 23.1 Å². The van der Waals surface area contributed by atoms with Crippen molar-refractivity contribution < 1.29 is 23.9 Å². The SMILES string of the molecule is CCOC(=O)c1c(NC(=O)C(C)OC(=O)C=Cc2ccc(SC)cc2)sc2c1CCC(C)C2. The molecule has 0 saturated heterocycles. The number of thiophene rings is 1. The van der Waals surface area contributed by atoms with Gasteiger partial charge >= 0.3 is 11.9 Å². The molecule has 1 aromatic heterocycles. The number of rotatable bonds is 8. The monoisotopic (exact) mass is 487 g/mol. The Balaban J connectivity index is 1.66. The maximum Gasteiger partial charge on any atom is 0.341 e. The van der Waals surface area contributed by atoms with Gasteiger partial charge in [-0.05, 0) is 74.6 Å². The highest BCUT2D eigenvalue weighted by atomic mass is 32.2. The number of nitrogens with one attached hydrogen (secondary N) is 1. The van der Waals surface area contributed by atoms with Crippen LogP contribution in [0.5, 0.6) is 0 Å². The molecule has 2 aromatic rings. The predicted molar refractivity (Wildman–Crippen MR) is 133 cm³/mol. The first-order valence-electron chi connectivity index (χ1n) is 11.0. The minimum Gasteiger partial charge on any atom is -0.462 e. The van der Waals surface area contributed by atoms with Gasteiger partial charge in [-0.3, -0.25) is 4.79 Å². The molecule has 1 amide bonds. The quantitative estimate of drug-likeness (QED) is 0.307. The van der Waals surface area contributed by atoms with Crippen LogP contribution in [0.3, 0.4) is 0 Å². The second-order valence-corrected chi connectivity index (χ2v) is 9.94. The fourth-order valence-electron chi connectivity index (χ4n) is 3.62. The molecule has 0 spiro atoms. The fraction of sp³-hybridized carbons (Fsp3) is 0.400. The van der Waals surface area contributed by atoms with Crippen molar-refractivity contribution in [2.24, 2.45) is 5.92 Å². The highest BCUT2D eigenvalue weighted by Crippen LogP contribution is 2.40. The van der Waals surface area contributed by atoms with Crippen LogP contribution in [-0.2, 0) is 31.9 Å². The molecule has 1 heterocycles. The van der Waals surface area contributed by atoms with Gasteiger partial charge in [0.2, 0.25) is 0 Å². The molecule has 8 heteroatoms. The summed E-state index contributed by atoms with van der Waals surface area (Å²) in [6, 6.07) is 7.74. The molecule has 3 rings (SSSR count). The first-order valence-corrected chi connectivity index (χ1v) is 13.0. The maximum atomic E-state index is 12.7. The van der Waals surface area contributed by atoms with Crippen molar-refractivity contribution in [2.45, 2.75) is 51.0 Å². The van der Waals surface area contributed by atoms with Crippen molar-refractivity contribution in [3.8, 4) is 0 Å². The first kappa shape index (κ1) is 25.1. The molecule has 0 bridgehead atoms. The van der Waals surface area contributed by atoms with Crippen molar-refractivity contribution in [3.05, 3.63) is 51.9 Å². The Kier molecular flexibility index (Phi) is 8.74. The smallest absolute Gasteiger partial charge is 0.341 e. The lowest BCUT2D eigenvalue weighted by molar-refractivity contribution is -0.148. The second kappa shape index (κ2) is 11.5. The minimum atomic E-state index is -1.02. The van der Waals surface area contributed by atoms with Crippen molar-refractivity contribution in [1.29, 1.82) is 0 Å². The highest BCUT2D eigenvalue weighted by molar-refractivity contribution is 7.98. The molecule has 1 aliphatic rings. The summed E-state index contributed by atoms with van der Waals surface area (Å²) in [4.78, 5) is 39.8. The van der Waals surface area contributed by atoms with E-state index in [1.54, 1.807) is 24.8 Å². The molecule has 33 heavy (non-hydrogen) atoms. The Hall–Kier alpha value is -2.58. The number of hydrogen-bond acceptors (Lipinski definition) is 7. The standard InChI is InChI=1S/C25H29NO5S2/c1-5-30-25(29)22-19-12-6-15(2)14-20(19)33-24(22)26-23(28)16(3)31-21(27)13-9-17-7-10-18(32-4)11-8-17/h7-11,13,15-16H,5-6,12,14H2,1-4H3,(H,26,28). The lowest BCUT2D eigenvalue weighted by atomic mass is 9.88. The zero-order chi connectivity index (χ0) is 24.0. The molecule has 0 radical (unpaired) electrons. The number of ether oxygens (including phenoxy) is 2. The van der Waals surface area contributed by atoms with Crippen molar-refractivity contribution in [2.75, 3.05) is 18.2 Å². The van der Waals surface area contributed by atoms with Crippen molar-refractivity contribution >= 4 is 52.0 Å². The molecular formula is C25H29NO5S2. The number of hydrogen-bond donors (Lipinski definition) is 1. The summed E-state index contributed by atoms with van der Waals surface area (Å²) in [7, 11) is 0. The molecule has 176 valence electrons. The maximum absolute atomic E-state index is 12.7. The Morgan fingerprint density at radius 1 is 1.27 bits per heavy atom. The third kappa shape index (κ3) is 6.48. The van der Waals surface area contributed by atoms with Crippen LogP contribution in [0.25, 0.3) is 6.08 Å². The highest BCUT2D eigenvalue weighted by Gasteiger charge is 2.30. The number of amides is 1. The van der Waals surface area contributed by atoms with Crippen LogP contribution in [0.2, 0.25) is 0 Å². The van der Waals surface area contributed by atoms with E-state index >= 15 is 0 Å². The molecule has 2 unspecified atom stereocenters. The molecule has 1 N–H and O–H groups in total. The Morgan fingerprint density at radius 3 is 2.67 bits per heavy atom. The van der Waals surface area contributed by atoms with E-state index in [4.69, 9.17) is 9.47 Å². The molecule has 2 atom stereocenters. The fourth-order valence-corrected chi connectivity index (χ4v) is 5.43. The van der Waals surface area contributed by atoms with Gasteiger partial charge in [0.1, 0.15) is 5.00 Å². The van der Waals surface area contributed by atoms with E-state index in [0.29, 0.717) is 16.5 Å². The molecule has 1 aliphatic carbocycles. The summed E-state index contributed by atoms with van der Waals surface area (Å²) in [5.41, 5.74) is 2.26. The minimum absolute atomic E-state index is 0.258. The third-order valence-electron chi connectivity index (χ3n) is 5.42. The van der Waals surface area contributed by atoms with Crippen LogP contribution in [0.1, 0.15) is 53.6 Å². The molecule has 0 saturated carbocycles. The van der Waals surface area contributed by atoms with Crippen molar-refractivity contribution in [1.82, 2.24) is 0 Å². The van der Waals surface area contributed by atoms with Gasteiger partial charge in [-0.25, -0.2) is 9.59 Å². The number of carbonyl (C=O) groups is 3.